The van der Waals surface area contributed by atoms with Gasteiger partial charge in [-0.25, -0.2) is 9.78 Å². The number of nitrogens with zero attached hydrogens (tertiary/aromatic N) is 3. The Morgan fingerprint density at radius 1 is 1.37 bits per heavy atom. The first-order valence-corrected chi connectivity index (χ1v) is 9.05. The number of nitrogens with one attached hydrogen (secondary N) is 2. The highest BCUT2D eigenvalue weighted by molar-refractivity contribution is 6.31. The fraction of sp³-hybridized carbons (Fsp3) is 0.200. The van der Waals surface area contributed by atoms with Crippen LogP contribution in [0.2, 0.25) is 5.02 Å². The molecule has 2 amide bonds. The highest BCUT2D eigenvalue weighted by Crippen LogP contribution is 2.28. The molecule has 2 rings (SSSR count). The number of hydrogen-bond donors (Lipinski definition) is 2. The molecule has 0 radical (unpaired) electrons. The van der Waals surface area contributed by atoms with Crippen LogP contribution in [0.15, 0.2) is 49.7 Å². The minimum atomic E-state index is -0.622. The Morgan fingerprint density at radius 3 is 2.83 bits per heavy atom. The summed E-state index contributed by atoms with van der Waals surface area (Å²) in [6.07, 6.45) is 4.02. The number of hydrogen-bond acceptors (Lipinski definition) is 7. The number of anilines is 2. The lowest BCUT2D eigenvalue weighted by molar-refractivity contribution is 0.0922. The number of ether oxygens (including phenoxy) is 3. The van der Waals surface area contributed by atoms with Crippen molar-refractivity contribution in [2.75, 3.05) is 31.0 Å². The third kappa shape index (κ3) is 6.48. The third-order valence-corrected chi connectivity index (χ3v) is 3.82. The second kappa shape index (κ2) is 11.4. The van der Waals surface area contributed by atoms with Crippen LogP contribution in [0.25, 0.3) is 0 Å². The lowest BCUT2D eigenvalue weighted by Gasteiger charge is -2.16. The maximum Gasteiger partial charge on any atom is 0.325 e. The molecule has 1 atom stereocenters. The number of urea groups is 1. The molecule has 9 nitrogen and oxygen atoms in total. The van der Waals surface area contributed by atoms with Crippen LogP contribution in [0, 0.1) is 11.3 Å². The van der Waals surface area contributed by atoms with Gasteiger partial charge in [0.15, 0.2) is 5.82 Å². The van der Waals surface area contributed by atoms with Crippen LogP contribution in [0.1, 0.15) is 5.69 Å². The molecular weight excluding hydrogens is 410 g/mol. The van der Waals surface area contributed by atoms with Crippen molar-refractivity contribution in [2.45, 2.75) is 6.10 Å². The molecule has 0 saturated carbocycles. The van der Waals surface area contributed by atoms with Crippen molar-refractivity contribution >= 4 is 29.1 Å². The molecule has 156 valence electrons. The maximum atomic E-state index is 12.4. The van der Waals surface area contributed by atoms with Crippen LogP contribution in [-0.4, -0.2) is 42.4 Å². The molecule has 1 aromatic heterocycles. The number of benzene rings is 1. The van der Waals surface area contributed by atoms with Gasteiger partial charge in [0.1, 0.15) is 31.1 Å². The van der Waals surface area contributed by atoms with Gasteiger partial charge in [-0.1, -0.05) is 30.3 Å². The second-order valence-corrected chi connectivity index (χ2v) is 6.10. The normalized spacial score (nSPS) is 11.0. The van der Waals surface area contributed by atoms with Crippen LogP contribution >= 0.6 is 11.6 Å². The van der Waals surface area contributed by atoms with Crippen molar-refractivity contribution in [2.24, 2.45) is 0 Å². The van der Waals surface area contributed by atoms with Crippen molar-refractivity contribution in [3.63, 3.8) is 0 Å². The summed E-state index contributed by atoms with van der Waals surface area (Å²) in [4.78, 5) is 20.4. The van der Waals surface area contributed by atoms with E-state index in [1.165, 1.54) is 25.4 Å². The molecule has 0 bridgehead atoms. The van der Waals surface area contributed by atoms with Gasteiger partial charge in [0.05, 0.1) is 11.9 Å². The lowest BCUT2D eigenvalue weighted by atomic mass is 10.3. The molecule has 1 aromatic carbocycles. The van der Waals surface area contributed by atoms with Crippen molar-refractivity contribution < 1.29 is 19.0 Å². The summed E-state index contributed by atoms with van der Waals surface area (Å²) < 4.78 is 16.2. The van der Waals surface area contributed by atoms with E-state index in [1.807, 2.05) is 6.07 Å². The molecule has 0 aliphatic carbocycles. The standard InChI is InChI=1S/C20H20ClN5O4/c1-4-8-29-19-16(10-22)23-11-18(25-19)26-20(27)24-15-9-13(21)6-7-17(15)30-12-14(5-2)28-3/h4-7,9,11,14H,1-2,8,12H2,3H3,(H2,24,25,26,27). The molecule has 10 heteroatoms. The first-order valence-electron chi connectivity index (χ1n) is 8.67. The Bertz CT molecular complexity index is 961. The minimum Gasteiger partial charge on any atom is -0.488 e. The highest BCUT2D eigenvalue weighted by atomic mass is 35.5. The van der Waals surface area contributed by atoms with Gasteiger partial charge in [-0.3, -0.25) is 5.32 Å². The number of carbonyl (C=O) groups excluding carboxylic acids is 1. The molecule has 0 fully saturated rings. The first-order chi connectivity index (χ1) is 14.5. The van der Waals surface area contributed by atoms with E-state index in [4.69, 9.17) is 31.1 Å². The average molecular weight is 430 g/mol. The van der Waals surface area contributed by atoms with Gasteiger partial charge in [0.2, 0.25) is 5.69 Å². The van der Waals surface area contributed by atoms with Gasteiger partial charge in [0, 0.05) is 12.1 Å². The van der Waals surface area contributed by atoms with Crippen molar-refractivity contribution in [3.05, 3.63) is 60.4 Å². The van der Waals surface area contributed by atoms with E-state index < -0.39 is 6.03 Å². The number of amides is 2. The van der Waals surface area contributed by atoms with E-state index in [1.54, 1.807) is 18.2 Å². The minimum absolute atomic E-state index is 0.0109. The zero-order chi connectivity index (χ0) is 21.9. The van der Waals surface area contributed by atoms with E-state index in [-0.39, 0.29) is 36.7 Å². The number of aromatic nitrogens is 2. The van der Waals surface area contributed by atoms with Gasteiger partial charge in [-0.05, 0) is 18.2 Å². The number of carbonyl (C=O) groups is 1. The zero-order valence-corrected chi connectivity index (χ0v) is 17.0. The molecular formula is C20H20ClN5O4. The zero-order valence-electron chi connectivity index (χ0n) is 16.2. The summed E-state index contributed by atoms with van der Waals surface area (Å²) in [5, 5.41) is 14.6. The molecule has 0 aliphatic rings. The number of nitriles is 1. The van der Waals surface area contributed by atoms with E-state index in [0.29, 0.717) is 16.5 Å². The number of rotatable bonds is 10. The monoisotopic (exact) mass is 429 g/mol. The van der Waals surface area contributed by atoms with E-state index in [2.05, 4.69) is 33.8 Å². The largest absolute Gasteiger partial charge is 0.488 e. The molecule has 30 heavy (non-hydrogen) atoms. The second-order valence-electron chi connectivity index (χ2n) is 5.66. The Labute approximate surface area is 178 Å². The summed E-state index contributed by atoms with van der Waals surface area (Å²) in [5.74, 6) is 0.456. The smallest absolute Gasteiger partial charge is 0.325 e. The summed E-state index contributed by atoms with van der Waals surface area (Å²) in [7, 11) is 1.54. The van der Waals surface area contributed by atoms with Gasteiger partial charge >= 0.3 is 6.03 Å². The molecule has 0 spiro atoms. The Balaban J connectivity index is 2.12. The topological polar surface area (TPSA) is 118 Å². The molecule has 2 N–H and O–H groups in total. The van der Waals surface area contributed by atoms with E-state index in [9.17, 15) is 4.79 Å². The van der Waals surface area contributed by atoms with Crippen LogP contribution in [-0.2, 0) is 4.74 Å². The Morgan fingerprint density at radius 2 is 2.17 bits per heavy atom. The Hall–Kier alpha value is -3.61. The van der Waals surface area contributed by atoms with Gasteiger partial charge in [-0.2, -0.15) is 10.2 Å². The average Bonchev–Trinajstić information content (AvgIpc) is 2.74. The van der Waals surface area contributed by atoms with E-state index in [0.717, 1.165) is 0 Å². The molecule has 1 unspecified atom stereocenters. The van der Waals surface area contributed by atoms with Crippen LogP contribution < -0.4 is 20.1 Å². The fourth-order valence-corrected chi connectivity index (χ4v) is 2.32. The van der Waals surface area contributed by atoms with Crippen molar-refractivity contribution in [1.82, 2.24) is 9.97 Å². The predicted octanol–water partition coefficient (Wildman–Crippen LogP) is 3.79. The maximum absolute atomic E-state index is 12.4. The van der Waals surface area contributed by atoms with Crippen LogP contribution in [0.5, 0.6) is 11.6 Å². The molecule has 0 aliphatic heterocycles. The molecule has 0 saturated heterocycles. The fourth-order valence-electron chi connectivity index (χ4n) is 2.15. The van der Waals surface area contributed by atoms with Gasteiger partial charge < -0.3 is 19.5 Å². The highest BCUT2D eigenvalue weighted by Gasteiger charge is 2.14. The third-order valence-electron chi connectivity index (χ3n) is 3.58. The molecule has 2 aromatic rings. The van der Waals surface area contributed by atoms with Crippen LogP contribution in [0.3, 0.4) is 0 Å². The number of methoxy groups -OCH3 is 1. The number of halogens is 1. The Kier molecular flexibility index (Phi) is 8.62. The lowest BCUT2D eigenvalue weighted by Crippen LogP contribution is -2.22. The summed E-state index contributed by atoms with van der Waals surface area (Å²) in [6.45, 7) is 7.52. The SMILES string of the molecule is C=CCOc1nc(NC(=O)Nc2cc(Cl)ccc2OCC(C=C)OC)cnc1C#N. The van der Waals surface area contributed by atoms with E-state index >= 15 is 0 Å². The van der Waals surface area contributed by atoms with Crippen molar-refractivity contribution in [1.29, 1.82) is 5.26 Å². The van der Waals surface area contributed by atoms with Crippen molar-refractivity contribution in [3.8, 4) is 17.7 Å². The summed E-state index contributed by atoms with van der Waals surface area (Å²) in [6, 6.07) is 6.03. The first kappa shape index (κ1) is 22.7. The predicted molar refractivity (Wildman–Crippen MR) is 113 cm³/mol. The van der Waals surface area contributed by atoms with Crippen LogP contribution in [0.4, 0.5) is 16.3 Å². The molecule has 1 heterocycles. The van der Waals surface area contributed by atoms with Gasteiger partial charge in [0.25, 0.3) is 5.88 Å². The summed E-state index contributed by atoms with van der Waals surface area (Å²) >= 11 is 6.03. The van der Waals surface area contributed by atoms with Gasteiger partial charge in [-0.15, -0.1) is 6.58 Å². The quantitative estimate of drug-likeness (QED) is 0.551. The summed E-state index contributed by atoms with van der Waals surface area (Å²) in [5.41, 5.74) is 0.326.